The maximum absolute atomic E-state index is 12.5. The van der Waals surface area contributed by atoms with Crippen molar-refractivity contribution in [1.82, 2.24) is 5.32 Å². The van der Waals surface area contributed by atoms with Crippen LogP contribution >= 0.6 is 0 Å². The van der Waals surface area contributed by atoms with E-state index in [1.807, 2.05) is 6.92 Å². The molecule has 0 bridgehead atoms. The predicted octanol–water partition coefficient (Wildman–Crippen LogP) is 2.77. The fourth-order valence-corrected chi connectivity index (χ4v) is 4.32. The van der Waals surface area contributed by atoms with Crippen LogP contribution in [0.4, 0.5) is 0 Å². The van der Waals surface area contributed by atoms with Gasteiger partial charge in [0, 0.05) is 12.5 Å². The zero-order valence-electron chi connectivity index (χ0n) is 15.1. The van der Waals surface area contributed by atoms with E-state index in [2.05, 4.69) is 5.32 Å². The Balaban J connectivity index is 1.85. The molecule has 2 fully saturated rings. The second-order valence-corrected chi connectivity index (χ2v) is 7.71. The summed E-state index contributed by atoms with van der Waals surface area (Å²) in [6.45, 7) is 3.61. The van der Waals surface area contributed by atoms with E-state index in [9.17, 15) is 9.59 Å². The van der Waals surface area contributed by atoms with Crippen molar-refractivity contribution in [2.24, 2.45) is 23.0 Å². The second kappa shape index (κ2) is 9.40. The van der Waals surface area contributed by atoms with E-state index in [-0.39, 0.29) is 23.2 Å². The zero-order valence-corrected chi connectivity index (χ0v) is 15.1. The van der Waals surface area contributed by atoms with E-state index in [0.29, 0.717) is 25.5 Å². The number of ether oxygens (including phenoxy) is 1. The van der Waals surface area contributed by atoms with E-state index < -0.39 is 0 Å². The van der Waals surface area contributed by atoms with Gasteiger partial charge >= 0.3 is 5.97 Å². The highest BCUT2D eigenvalue weighted by Crippen LogP contribution is 2.39. The third-order valence-electron chi connectivity index (χ3n) is 5.93. The van der Waals surface area contributed by atoms with E-state index in [1.165, 1.54) is 6.42 Å². The van der Waals surface area contributed by atoms with Gasteiger partial charge in [0.2, 0.25) is 5.91 Å². The summed E-state index contributed by atoms with van der Waals surface area (Å²) in [5, 5.41) is 3.17. The van der Waals surface area contributed by atoms with Gasteiger partial charge in [-0.15, -0.1) is 0 Å². The van der Waals surface area contributed by atoms with Crippen LogP contribution in [-0.2, 0) is 14.3 Å². The Morgan fingerprint density at radius 3 is 2.38 bits per heavy atom. The summed E-state index contributed by atoms with van der Waals surface area (Å²) in [7, 11) is 0. The molecule has 24 heavy (non-hydrogen) atoms. The number of carbonyl (C=O) groups is 2. The van der Waals surface area contributed by atoms with Gasteiger partial charge in [0.15, 0.2) is 0 Å². The van der Waals surface area contributed by atoms with Crippen molar-refractivity contribution in [3.05, 3.63) is 0 Å². The Labute approximate surface area is 146 Å². The van der Waals surface area contributed by atoms with Crippen molar-refractivity contribution in [3.8, 4) is 0 Å². The average Bonchev–Trinajstić information content (AvgIpc) is 2.61. The van der Waals surface area contributed by atoms with E-state index in [1.54, 1.807) is 0 Å². The van der Waals surface area contributed by atoms with E-state index in [0.717, 1.165) is 57.9 Å². The highest BCUT2D eigenvalue weighted by molar-refractivity contribution is 5.79. The molecule has 0 aromatic carbocycles. The van der Waals surface area contributed by atoms with Crippen LogP contribution in [0.15, 0.2) is 0 Å². The first kappa shape index (κ1) is 19.2. The third kappa shape index (κ3) is 5.47. The molecule has 2 aliphatic rings. The monoisotopic (exact) mass is 338 g/mol. The molecule has 0 spiro atoms. The lowest BCUT2D eigenvalue weighted by Crippen LogP contribution is -2.43. The van der Waals surface area contributed by atoms with Gasteiger partial charge in [-0.1, -0.05) is 19.3 Å². The molecule has 0 saturated heterocycles. The van der Waals surface area contributed by atoms with Gasteiger partial charge < -0.3 is 15.8 Å². The molecule has 2 rings (SSSR count). The Kier molecular flexibility index (Phi) is 7.53. The lowest BCUT2D eigenvalue weighted by atomic mass is 9.71. The SMILES string of the molecule is CCOC(=O)CC1(CNC(=O)C2CCC(CN)CC2)CCCCC1. The van der Waals surface area contributed by atoms with Crippen molar-refractivity contribution in [1.29, 1.82) is 0 Å². The smallest absolute Gasteiger partial charge is 0.306 e. The van der Waals surface area contributed by atoms with Gasteiger partial charge in [0.1, 0.15) is 0 Å². The van der Waals surface area contributed by atoms with Crippen LogP contribution < -0.4 is 11.1 Å². The van der Waals surface area contributed by atoms with Crippen LogP contribution in [0, 0.1) is 17.3 Å². The third-order valence-corrected chi connectivity index (χ3v) is 5.93. The van der Waals surface area contributed by atoms with E-state index >= 15 is 0 Å². The van der Waals surface area contributed by atoms with Crippen molar-refractivity contribution in [3.63, 3.8) is 0 Å². The number of hydrogen-bond donors (Lipinski definition) is 2. The van der Waals surface area contributed by atoms with Gasteiger partial charge in [0.25, 0.3) is 0 Å². The highest BCUT2D eigenvalue weighted by Gasteiger charge is 2.36. The first-order chi connectivity index (χ1) is 11.6. The van der Waals surface area contributed by atoms with Gasteiger partial charge in [-0.25, -0.2) is 0 Å². The molecule has 0 atom stereocenters. The highest BCUT2D eigenvalue weighted by atomic mass is 16.5. The molecule has 5 nitrogen and oxygen atoms in total. The Morgan fingerprint density at radius 2 is 1.79 bits per heavy atom. The molecule has 138 valence electrons. The first-order valence-corrected chi connectivity index (χ1v) is 9.72. The second-order valence-electron chi connectivity index (χ2n) is 7.71. The summed E-state index contributed by atoms with van der Waals surface area (Å²) in [6, 6.07) is 0. The fraction of sp³-hybridized carbons (Fsp3) is 0.895. The van der Waals surface area contributed by atoms with Gasteiger partial charge in [-0.2, -0.15) is 0 Å². The molecule has 0 aliphatic heterocycles. The minimum atomic E-state index is -0.128. The summed E-state index contributed by atoms with van der Waals surface area (Å²) in [6.07, 6.45) is 9.94. The largest absolute Gasteiger partial charge is 0.466 e. The number of carbonyl (C=O) groups excluding carboxylic acids is 2. The molecule has 0 aromatic rings. The molecule has 0 heterocycles. The van der Waals surface area contributed by atoms with Crippen molar-refractivity contribution in [2.75, 3.05) is 19.7 Å². The molecular weight excluding hydrogens is 304 g/mol. The summed E-state index contributed by atoms with van der Waals surface area (Å²) in [5.74, 6) is 0.745. The van der Waals surface area contributed by atoms with Crippen LogP contribution in [0.5, 0.6) is 0 Å². The normalized spacial score (nSPS) is 26.6. The Morgan fingerprint density at radius 1 is 1.12 bits per heavy atom. The van der Waals surface area contributed by atoms with Crippen molar-refractivity contribution >= 4 is 11.9 Å². The number of rotatable bonds is 7. The maximum Gasteiger partial charge on any atom is 0.306 e. The van der Waals surface area contributed by atoms with Gasteiger partial charge in [-0.05, 0) is 63.3 Å². The van der Waals surface area contributed by atoms with Crippen LogP contribution in [-0.4, -0.2) is 31.6 Å². The Bertz CT molecular complexity index is 411. The topological polar surface area (TPSA) is 81.4 Å². The van der Waals surface area contributed by atoms with Gasteiger partial charge in [-0.3, -0.25) is 9.59 Å². The molecule has 0 unspecified atom stereocenters. The summed E-state index contributed by atoms with van der Waals surface area (Å²) in [5.41, 5.74) is 5.62. The maximum atomic E-state index is 12.5. The van der Waals surface area contributed by atoms with Crippen LogP contribution in [0.3, 0.4) is 0 Å². The molecule has 2 saturated carbocycles. The molecule has 5 heteroatoms. The molecule has 2 aliphatic carbocycles. The number of nitrogens with one attached hydrogen (secondary N) is 1. The standard InChI is InChI=1S/C19H34N2O3/c1-2-24-17(22)12-19(10-4-3-5-11-19)14-21-18(23)16-8-6-15(13-20)7-9-16/h15-16H,2-14,20H2,1H3,(H,21,23). The number of nitrogens with two attached hydrogens (primary N) is 1. The summed E-state index contributed by atoms with van der Waals surface area (Å²) < 4.78 is 5.15. The predicted molar refractivity (Wildman–Crippen MR) is 94.3 cm³/mol. The summed E-state index contributed by atoms with van der Waals surface area (Å²) in [4.78, 5) is 24.5. The van der Waals surface area contributed by atoms with Crippen molar-refractivity contribution in [2.45, 2.75) is 71.1 Å². The average molecular weight is 338 g/mol. The minimum Gasteiger partial charge on any atom is -0.466 e. The van der Waals surface area contributed by atoms with Gasteiger partial charge in [0.05, 0.1) is 13.0 Å². The zero-order chi connectivity index (χ0) is 17.4. The molecular formula is C19H34N2O3. The van der Waals surface area contributed by atoms with E-state index in [4.69, 9.17) is 10.5 Å². The lowest BCUT2D eigenvalue weighted by molar-refractivity contribution is -0.147. The summed E-state index contributed by atoms with van der Waals surface area (Å²) >= 11 is 0. The number of hydrogen-bond acceptors (Lipinski definition) is 4. The molecule has 3 N–H and O–H groups in total. The molecule has 1 amide bonds. The quantitative estimate of drug-likeness (QED) is 0.699. The minimum absolute atomic E-state index is 0.103. The number of amides is 1. The van der Waals surface area contributed by atoms with Crippen LogP contribution in [0.25, 0.3) is 0 Å². The number of esters is 1. The lowest BCUT2D eigenvalue weighted by Gasteiger charge is -2.37. The molecule has 0 aromatic heterocycles. The van der Waals surface area contributed by atoms with Crippen LogP contribution in [0.1, 0.15) is 71.1 Å². The Hall–Kier alpha value is -1.10. The van der Waals surface area contributed by atoms with Crippen molar-refractivity contribution < 1.29 is 14.3 Å². The van der Waals surface area contributed by atoms with Crippen LogP contribution in [0.2, 0.25) is 0 Å². The molecule has 0 radical (unpaired) electrons. The fourth-order valence-electron chi connectivity index (χ4n) is 4.32. The first-order valence-electron chi connectivity index (χ1n) is 9.72.